The third kappa shape index (κ3) is 4.81. The van der Waals surface area contributed by atoms with E-state index >= 15 is 0 Å². The predicted octanol–water partition coefficient (Wildman–Crippen LogP) is 2.51. The minimum Gasteiger partial charge on any atom is -0.399 e. The Kier molecular flexibility index (Phi) is 5.86. The standard InChI is InChI=1S/C20H27N3O/c21-19-8-6-18(7-9-19)20(24)10-11-22-12-14-23(15-13-22)16-17-4-2-1-3-5-17/h1-9,20,24H,10-16,21H2. The molecule has 1 unspecified atom stereocenters. The second-order valence-corrected chi connectivity index (χ2v) is 6.57. The van der Waals surface area contributed by atoms with E-state index in [1.54, 1.807) is 0 Å². The topological polar surface area (TPSA) is 52.7 Å². The zero-order valence-electron chi connectivity index (χ0n) is 14.1. The van der Waals surface area contributed by atoms with Crippen molar-refractivity contribution < 1.29 is 5.11 Å². The van der Waals surface area contributed by atoms with Gasteiger partial charge in [-0.3, -0.25) is 4.90 Å². The molecule has 1 heterocycles. The molecule has 1 fully saturated rings. The van der Waals surface area contributed by atoms with Crippen LogP contribution < -0.4 is 5.73 Å². The molecule has 24 heavy (non-hydrogen) atoms. The number of hydrogen-bond donors (Lipinski definition) is 2. The van der Waals surface area contributed by atoms with Crippen molar-refractivity contribution in [3.63, 3.8) is 0 Å². The van der Waals surface area contributed by atoms with Gasteiger partial charge in [0.15, 0.2) is 0 Å². The van der Waals surface area contributed by atoms with Crippen molar-refractivity contribution in [2.75, 3.05) is 38.5 Å². The lowest BCUT2D eigenvalue weighted by atomic mass is 10.1. The first-order chi connectivity index (χ1) is 11.7. The molecule has 4 heteroatoms. The fraction of sp³-hybridized carbons (Fsp3) is 0.400. The maximum absolute atomic E-state index is 10.3. The smallest absolute Gasteiger partial charge is 0.0802 e. The van der Waals surface area contributed by atoms with Gasteiger partial charge in [-0.2, -0.15) is 0 Å². The van der Waals surface area contributed by atoms with Crippen LogP contribution in [-0.2, 0) is 6.54 Å². The molecule has 0 spiro atoms. The highest BCUT2D eigenvalue weighted by molar-refractivity contribution is 5.39. The molecule has 3 N–H and O–H groups in total. The predicted molar refractivity (Wildman–Crippen MR) is 98.6 cm³/mol. The summed E-state index contributed by atoms with van der Waals surface area (Å²) in [5, 5.41) is 10.3. The first kappa shape index (κ1) is 17.0. The number of anilines is 1. The van der Waals surface area contributed by atoms with Crippen molar-refractivity contribution in [1.82, 2.24) is 9.80 Å². The van der Waals surface area contributed by atoms with Gasteiger partial charge in [0.2, 0.25) is 0 Å². The molecule has 2 aromatic rings. The highest BCUT2D eigenvalue weighted by atomic mass is 16.3. The number of aliphatic hydroxyl groups excluding tert-OH is 1. The third-order valence-electron chi connectivity index (χ3n) is 4.75. The van der Waals surface area contributed by atoms with Crippen molar-refractivity contribution in [2.45, 2.75) is 19.1 Å². The summed E-state index contributed by atoms with van der Waals surface area (Å²) in [5.74, 6) is 0. The summed E-state index contributed by atoms with van der Waals surface area (Å²) < 4.78 is 0. The molecule has 1 aliphatic heterocycles. The van der Waals surface area contributed by atoms with E-state index in [1.165, 1.54) is 5.56 Å². The maximum Gasteiger partial charge on any atom is 0.0802 e. The molecule has 4 nitrogen and oxygen atoms in total. The zero-order chi connectivity index (χ0) is 16.8. The van der Waals surface area contributed by atoms with E-state index in [4.69, 9.17) is 5.73 Å². The van der Waals surface area contributed by atoms with Crippen LogP contribution in [0.2, 0.25) is 0 Å². The summed E-state index contributed by atoms with van der Waals surface area (Å²) in [4.78, 5) is 4.95. The van der Waals surface area contributed by atoms with Gasteiger partial charge in [-0.25, -0.2) is 0 Å². The van der Waals surface area contributed by atoms with Crippen LogP contribution in [0.3, 0.4) is 0 Å². The molecule has 0 bridgehead atoms. The summed E-state index contributed by atoms with van der Waals surface area (Å²) in [6.07, 6.45) is 0.357. The second-order valence-electron chi connectivity index (χ2n) is 6.57. The van der Waals surface area contributed by atoms with E-state index in [9.17, 15) is 5.11 Å². The molecule has 0 radical (unpaired) electrons. The Morgan fingerprint density at radius 3 is 2.17 bits per heavy atom. The number of benzene rings is 2. The summed E-state index contributed by atoms with van der Waals surface area (Å²) in [5.41, 5.74) is 8.76. The van der Waals surface area contributed by atoms with E-state index < -0.39 is 6.10 Å². The normalized spacial score (nSPS) is 17.7. The van der Waals surface area contributed by atoms with Gasteiger partial charge in [0, 0.05) is 45.0 Å². The van der Waals surface area contributed by atoms with Crippen molar-refractivity contribution in [3.8, 4) is 0 Å². The highest BCUT2D eigenvalue weighted by Crippen LogP contribution is 2.19. The molecular weight excluding hydrogens is 298 g/mol. The monoisotopic (exact) mass is 325 g/mol. The van der Waals surface area contributed by atoms with Gasteiger partial charge in [-0.1, -0.05) is 42.5 Å². The molecule has 3 rings (SSSR count). The molecular formula is C20H27N3O. The van der Waals surface area contributed by atoms with Crippen molar-refractivity contribution in [3.05, 3.63) is 65.7 Å². The van der Waals surface area contributed by atoms with Crippen molar-refractivity contribution >= 4 is 5.69 Å². The zero-order valence-corrected chi connectivity index (χ0v) is 14.1. The fourth-order valence-electron chi connectivity index (χ4n) is 3.20. The van der Waals surface area contributed by atoms with E-state index in [0.717, 1.165) is 56.9 Å². The Bertz CT molecular complexity index is 607. The van der Waals surface area contributed by atoms with Crippen LogP contribution in [0.1, 0.15) is 23.7 Å². The van der Waals surface area contributed by atoms with Crippen LogP contribution in [0.25, 0.3) is 0 Å². The van der Waals surface area contributed by atoms with Crippen LogP contribution >= 0.6 is 0 Å². The largest absolute Gasteiger partial charge is 0.399 e. The SMILES string of the molecule is Nc1ccc(C(O)CCN2CCN(Cc3ccccc3)CC2)cc1. The molecule has 0 saturated carbocycles. The van der Waals surface area contributed by atoms with Crippen LogP contribution in [0, 0.1) is 0 Å². The van der Waals surface area contributed by atoms with E-state index in [-0.39, 0.29) is 0 Å². The van der Waals surface area contributed by atoms with Crippen LogP contribution in [0.4, 0.5) is 5.69 Å². The van der Waals surface area contributed by atoms with Gasteiger partial charge in [0.1, 0.15) is 0 Å². The Labute approximate surface area is 144 Å². The lowest BCUT2D eigenvalue weighted by Gasteiger charge is -2.35. The number of nitrogens with two attached hydrogens (primary N) is 1. The molecule has 0 aliphatic carbocycles. The average Bonchev–Trinajstić information content (AvgIpc) is 2.62. The Hall–Kier alpha value is -1.88. The molecule has 2 aromatic carbocycles. The highest BCUT2D eigenvalue weighted by Gasteiger charge is 2.18. The van der Waals surface area contributed by atoms with E-state index in [2.05, 4.69) is 40.1 Å². The molecule has 1 saturated heterocycles. The number of rotatable bonds is 6. The van der Waals surface area contributed by atoms with Crippen LogP contribution in [0.5, 0.6) is 0 Å². The molecule has 1 aliphatic rings. The first-order valence-electron chi connectivity index (χ1n) is 8.73. The van der Waals surface area contributed by atoms with Gasteiger partial charge in [-0.05, 0) is 29.7 Å². The maximum atomic E-state index is 10.3. The number of nitrogen functional groups attached to an aromatic ring is 1. The van der Waals surface area contributed by atoms with Crippen molar-refractivity contribution in [1.29, 1.82) is 0 Å². The summed E-state index contributed by atoms with van der Waals surface area (Å²) in [7, 11) is 0. The molecule has 1 atom stereocenters. The molecule has 0 aromatic heterocycles. The average molecular weight is 325 g/mol. The van der Waals surface area contributed by atoms with Crippen LogP contribution in [0.15, 0.2) is 54.6 Å². The minimum absolute atomic E-state index is 0.409. The minimum atomic E-state index is -0.409. The number of piperazine rings is 1. The summed E-state index contributed by atoms with van der Waals surface area (Å²) in [6, 6.07) is 18.2. The van der Waals surface area contributed by atoms with Crippen molar-refractivity contribution in [2.24, 2.45) is 0 Å². The van der Waals surface area contributed by atoms with Gasteiger partial charge in [-0.15, -0.1) is 0 Å². The van der Waals surface area contributed by atoms with E-state index in [0.29, 0.717) is 0 Å². The third-order valence-corrected chi connectivity index (χ3v) is 4.75. The number of hydrogen-bond acceptors (Lipinski definition) is 4. The number of aliphatic hydroxyl groups is 1. The van der Waals surface area contributed by atoms with Gasteiger partial charge >= 0.3 is 0 Å². The van der Waals surface area contributed by atoms with Gasteiger partial charge < -0.3 is 15.7 Å². The quantitative estimate of drug-likeness (QED) is 0.801. The summed E-state index contributed by atoms with van der Waals surface area (Å²) in [6.45, 7) is 6.29. The van der Waals surface area contributed by atoms with E-state index in [1.807, 2.05) is 24.3 Å². The Balaban J connectivity index is 1.40. The van der Waals surface area contributed by atoms with Crippen LogP contribution in [-0.4, -0.2) is 47.6 Å². The first-order valence-corrected chi connectivity index (χ1v) is 8.73. The lowest BCUT2D eigenvalue weighted by molar-refractivity contribution is 0.0993. The Morgan fingerprint density at radius 2 is 1.50 bits per heavy atom. The summed E-state index contributed by atoms with van der Waals surface area (Å²) >= 11 is 0. The van der Waals surface area contributed by atoms with Gasteiger partial charge in [0.25, 0.3) is 0 Å². The fourth-order valence-corrected chi connectivity index (χ4v) is 3.20. The number of nitrogens with zero attached hydrogens (tertiary/aromatic N) is 2. The second kappa shape index (κ2) is 8.29. The molecule has 128 valence electrons. The molecule has 0 amide bonds. The van der Waals surface area contributed by atoms with Gasteiger partial charge in [0.05, 0.1) is 6.10 Å². The lowest BCUT2D eigenvalue weighted by Crippen LogP contribution is -2.46. The Morgan fingerprint density at radius 1 is 0.875 bits per heavy atom.